The molecule has 1 aromatic rings. The van der Waals surface area contributed by atoms with Gasteiger partial charge in [-0.05, 0) is 32.6 Å². The summed E-state index contributed by atoms with van der Waals surface area (Å²) in [6, 6.07) is 8.38. The molecule has 0 aliphatic heterocycles. The van der Waals surface area contributed by atoms with Crippen molar-refractivity contribution in [2.75, 3.05) is 27.2 Å². The van der Waals surface area contributed by atoms with Crippen LogP contribution in [0.25, 0.3) is 0 Å². The number of hydrogen-bond donors (Lipinski definition) is 1. The van der Waals surface area contributed by atoms with Crippen LogP contribution >= 0.6 is 11.6 Å². The van der Waals surface area contributed by atoms with Crippen LogP contribution in [-0.4, -0.2) is 32.1 Å². The van der Waals surface area contributed by atoms with E-state index in [-0.39, 0.29) is 0 Å². The van der Waals surface area contributed by atoms with Crippen LogP contribution in [-0.2, 0) is 0 Å². The summed E-state index contributed by atoms with van der Waals surface area (Å²) in [6.07, 6.45) is 0. The summed E-state index contributed by atoms with van der Waals surface area (Å²) in [5.41, 5.74) is 1.19. The number of nitrogens with one attached hydrogen (secondary N) is 1. The highest BCUT2D eigenvalue weighted by atomic mass is 35.5. The van der Waals surface area contributed by atoms with Crippen LogP contribution in [0.5, 0.6) is 0 Å². The predicted octanol–water partition coefficient (Wildman–Crippen LogP) is 2.55. The normalized spacial score (nSPS) is 13.1. The van der Waals surface area contributed by atoms with Gasteiger partial charge >= 0.3 is 0 Å². The third-order valence-corrected chi connectivity index (χ3v) is 3.08. The number of nitrogens with zero attached hydrogens (tertiary/aromatic N) is 1. The van der Waals surface area contributed by atoms with E-state index in [1.807, 2.05) is 25.2 Å². The molecular weight excluding hydrogens is 208 g/mol. The molecular formula is C12H19ClN2. The second kappa shape index (κ2) is 6.11. The van der Waals surface area contributed by atoms with Gasteiger partial charge < -0.3 is 5.32 Å². The van der Waals surface area contributed by atoms with Crippen molar-refractivity contribution in [3.05, 3.63) is 34.9 Å². The van der Waals surface area contributed by atoms with Crippen LogP contribution in [0.4, 0.5) is 0 Å². The Morgan fingerprint density at radius 1 is 1.40 bits per heavy atom. The lowest BCUT2D eigenvalue weighted by Gasteiger charge is -2.25. The fourth-order valence-electron chi connectivity index (χ4n) is 1.53. The minimum absolute atomic E-state index is 0.354. The van der Waals surface area contributed by atoms with Gasteiger partial charge in [-0.2, -0.15) is 0 Å². The number of halogens is 1. The molecule has 0 spiro atoms. The van der Waals surface area contributed by atoms with E-state index >= 15 is 0 Å². The highest BCUT2D eigenvalue weighted by molar-refractivity contribution is 6.31. The highest BCUT2D eigenvalue weighted by Gasteiger charge is 2.13. The maximum atomic E-state index is 6.15. The maximum absolute atomic E-state index is 6.15. The quantitative estimate of drug-likeness (QED) is 0.830. The summed E-state index contributed by atoms with van der Waals surface area (Å²) in [5.74, 6) is 0. The lowest BCUT2D eigenvalue weighted by molar-refractivity contribution is 0.263. The van der Waals surface area contributed by atoms with Crippen molar-refractivity contribution in [2.45, 2.75) is 13.0 Å². The van der Waals surface area contributed by atoms with Gasteiger partial charge in [-0.25, -0.2) is 0 Å². The van der Waals surface area contributed by atoms with Crippen LogP contribution in [0.1, 0.15) is 18.5 Å². The van der Waals surface area contributed by atoms with Crippen molar-refractivity contribution in [3.63, 3.8) is 0 Å². The molecule has 1 unspecified atom stereocenters. The first-order chi connectivity index (χ1) is 7.16. The first-order valence-corrected chi connectivity index (χ1v) is 5.64. The lowest BCUT2D eigenvalue weighted by Crippen LogP contribution is -2.29. The van der Waals surface area contributed by atoms with Crippen molar-refractivity contribution in [2.24, 2.45) is 0 Å². The molecule has 0 radical (unpaired) electrons. The molecule has 0 fully saturated rings. The summed E-state index contributed by atoms with van der Waals surface area (Å²) in [5, 5.41) is 3.99. The Balaban J connectivity index is 2.67. The first-order valence-electron chi connectivity index (χ1n) is 5.26. The number of likely N-dealkylation sites (N-methyl/N-ethyl adjacent to an activating group) is 2. The topological polar surface area (TPSA) is 15.3 Å². The summed E-state index contributed by atoms with van der Waals surface area (Å²) in [4.78, 5) is 2.29. The van der Waals surface area contributed by atoms with E-state index in [0.29, 0.717) is 6.04 Å². The largest absolute Gasteiger partial charge is 0.318 e. The third-order valence-electron chi connectivity index (χ3n) is 2.73. The van der Waals surface area contributed by atoms with Gasteiger partial charge in [-0.3, -0.25) is 4.90 Å². The molecule has 1 rings (SSSR count). The van der Waals surface area contributed by atoms with Gasteiger partial charge in [0, 0.05) is 24.2 Å². The molecule has 0 bridgehead atoms. The van der Waals surface area contributed by atoms with Gasteiger partial charge in [0.2, 0.25) is 0 Å². The van der Waals surface area contributed by atoms with Crippen LogP contribution in [0, 0.1) is 0 Å². The van der Waals surface area contributed by atoms with E-state index in [4.69, 9.17) is 11.6 Å². The van der Waals surface area contributed by atoms with Gasteiger partial charge in [0.05, 0.1) is 0 Å². The molecule has 0 saturated heterocycles. The molecule has 0 aromatic heterocycles. The summed E-state index contributed by atoms with van der Waals surface area (Å²) in [7, 11) is 4.08. The van der Waals surface area contributed by atoms with Crippen LogP contribution in [0.3, 0.4) is 0 Å². The van der Waals surface area contributed by atoms with Crippen molar-refractivity contribution < 1.29 is 0 Å². The zero-order valence-electron chi connectivity index (χ0n) is 9.63. The minimum atomic E-state index is 0.354. The van der Waals surface area contributed by atoms with Gasteiger partial charge in [-0.15, -0.1) is 0 Å². The minimum Gasteiger partial charge on any atom is -0.318 e. The Labute approximate surface area is 97.2 Å². The molecule has 0 saturated carbocycles. The van der Waals surface area contributed by atoms with Crippen LogP contribution < -0.4 is 5.32 Å². The Morgan fingerprint density at radius 2 is 2.07 bits per heavy atom. The van der Waals surface area contributed by atoms with E-state index in [1.54, 1.807) is 0 Å². The van der Waals surface area contributed by atoms with E-state index < -0.39 is 0 Å². The average molecular weight is 227 g/mol. The zero-order valence-corrected chi connectivity index (χ0v) is 10.4. The summed E-state index contributed by atoms with van der Waals surface area (Å²) < 4.78 is 0. The number of rotatable bonds is 5. The fourth-order valence-corrected chi connectivity index (χ4v) is 1.83. The molecule has 0 heterocycles. The van der Waals surface area contributed by atoms with Gasteiger partial charge in [-0.1, -0.05) is 29.8 Å². The molecule has 84 valence electrons. The molecule has 1 N–H and O–H groups in total. The standard InChI is InChI=1S/C12H19ClN2/c1-10(15(3)9-8-14-2)11-6-4-5-7-12(11)13/h4-7,10,14H,8-9H2,1-3H3. The third kappa shape index (κ3) is 3.49. The van der Waals surface area contributed by atoms with Crippen molar-refractivity contribution in [1.29, 1.82) is 0 Å². The molecule has 0 amide bonds. The van der Waals surface area contributed by atoms with Gasteiger partial charge in [0.15, 0.2) is 0 Å². The summed E-state index contributed by atoms with van der Waals surface area (Å²) >= 11 is 6.15. The molecule has 0 aliphatic carbocycles. The van der Waals surface area contributed by atoms with Crippen LogP contribution in [0.15, 0.2) is 24.3 Å². The lowest BCUT2D eigenvalue weighted by atomic mass is 10.1. The molecule has 2 nitrogen and oxygen atoms in total. The molecule has 1 aromatic carbocycles. The SMILES string of the molecule is CNCCN(C)C(C)c1ccccc1Cl. The van der Waals surface area contributed by atoms with Crippen molar-refractivity contribution in [3.8, 4) is 0 Å². The highest BCUT2D eigenvalue weighted by Crippen LogP contribution is 2.25. The van der Waals surface area contributed by atoms with E-state index in [0.717, 1.165) is 18.1 Å². The average Bonchev–Trinajstić information content (AvgIpc) is 2.25. The zero-order chi connectivity index (χ0) is 11.3. The molecule has 1 atom stereocenters. The van der Waals surface area contributed by atoms with E-state index in [1.165, 1.54) is 5.56 Å². The Kier molecular flexibility index (Phi) is 5.09. The maximum Gasteiger partial charge on any atom is 0.0453 e. The molecule has 0 aliphatic rings. The predicted molar refractivity (Wildman–Crippen MR) is 66.4 cm³/mol. The Hall–Kier alpha value is -0.570. The molecule has 15 heavy (non-hydrogen) atoms. The Bertz CT molecular complexity index is 301. The van der Waals surface area contributed by atoms with Crippen molar-refractivity contribution in [1.82, 2.24) is 10.2 Å². The fraction of sp³-hybridized carbons (Fsp3) is 0.500. The van der Waals surface area contributed by atoms with E-state index in [9.17, 15) is 0 Å². The molecule has 3 heteroatoms. The summed E-state index contributed by atoms with van der Waals surface area (Å²) in [6.45, 7) is 4.19. The number of benzene rings is 1. The van der Waals surface area contributed by atoms with Gasteiger partial charge in [0.1, 0.15) is 0 Å². The van der Waals surface area contributed by atoms with Gasteiger partial charge in [0.25, 0.3) is 0 Å². The Morgan fingerprint density at radius 3 is 2.67 bits per heavy atom. The second-order valence-corrected chi connectivity index (χ2v) is 4.19. The second-order valence-electron chi connectivity index (χ2n) is 3.78. The number of hydrogen-bond acceptors (Lipinski definition) is 2. The smallest absolute Gasteiger partial charge is 0.0453 e. The first kappa shape index (κ1) is 12.5. The van der Waals surface area contributed by atoms with Crippen LogP contribution in [0.2, 0.25) is 5.02 Å². The van der Waals surface area contributed by atoms with Crippen molar-refractivity contribution >= 4 is 11.6 Å². The van der Waals surface area contributed by atoms with E-state index in [2.05, 4.69) is 30.3 Å². The monoisotopic (exact) mass is 226 g/mol.